The molecule has 0 aromatic carbocycles. The van der Waals surface area contributed by atoms with E-state index in [0.29, 0.717) is 0 Å². The molecule has 0 spiro atoms. The van der Waals surface area contributed by atoms with E-state index in [-0.39, 0.29) is 0 Å². The van der Waals surface area contributed by atoms with Crippen LogP contribution in [0.15, 0.2) is 0 Å². The summed E-state index contributed by atoms with van der Waals surface area (Å²) in [5, 5.41) is 0. The van der Waals surface area contributed by atoms with E-state index >= 15 is 0 Å². The third kappa shape index (κ3) is 109. The van der Waals surface area contributed by atoms with Gasteiger partial charge in [-0.2, -0.15) is 0 Å². The highest BCUT2D eigenvalue weighted by Gasteiger charge is 1.71. The fraction of sp³-hybridized carbons (Fsp3) is 0. The minimum Gasteiger partial charge on any atom is -0.106 e. The number of hydrogen-bond acceptors (Lipinski definition) is 0. The molecule has 0 aliphatic carbocycles. The number of rotatable bonds is 0. The normalized spacial score (nSPS) is 3.96. The lowest BCUT2D eigenvalue weighted by Gasteiger charge is -1.58. The first-order valence-corrected chi connectivity index (χ1v) is 35.3. The topological polar surface area (TPSA) is 0 Å². The van der Waals surface area contributed by atoms with Crippen LogP contribution >= 0.6 is 0 Å². The summed E-state index contributed by atoms with van der Waals surface area (Å²) >= 11 is 0. The Morgan fingerprint density at radius 1 is 0.0352 bits per heavy atom. The van der Waals surface area contributed by atoms with E-state index in [9.17, 15) is 0 Å². The zero-order chi connectivity index (χ0) is 101. The summed E-state index contributed by atoms with van der Waals surface area (Å²) in [7, 11) is 0. The Hall–Kier alpha value is -31.2. The molecule has 0 saturated carbocycles. The summed E-state index contributed by atoms with van der Waals surface area (Å²) in [5.41, 5.74) is 0. The predicted octanol–water partition coefficient (Wildman–Crippen LogP) is 0.487. The highest BCUT2D eigenvalue weighted by atomic mass is 13.7. The Balaban J connectivity index is 4.66. The first kappa shape index (κ1) is 111. The van der Waals surface area contributed by atoms with Gasteiger partial charge in [-0.3, -0.25) is 0 Å². The minimum absolute atomic E-state index is 2.12. The molecule has 0 aromatic rings. The molecule has 0 atom stereocenters. The van der Waals surface area contributed by atoms with Crippen molar-refractivity contribution in [3.63, 3.8) is 0 Å². The molecule has 0 aliphatic rings. The molecule has 0 radical (unpaired) electrons. The van der Waals surface area contributed by atoms with E-state index in [4.69, 9.17) is 12.8 Å². The molecule has 0 fully saturated rings. The van der Waals surface area contributed by atoms with Crippen molar-refractivity contribution in [3.05, 3.63) is 0 Å². The van der Waals surface area contributed by atoms with Gasteiger partial charge in [0.1, 0.15) is 0 Å². The molecule has 0 saturated heterocycles. The smallest absolute Gasteiger partial charge is 0 e. The van der Waals surface area contributed by atoms with Gasteiger partial charge in [0.25, 0.3) is 0 Å². The van der Waals surface area contributed by atoms with Crippen molar-refractivity contribution in [2.75, 3.05) is 0 Å². The Labute approximate surface area is 835 Å². The second kappa shape index (κ2) is 110. The third-order valence-electron chi connectivity index (χ3n) is 8.71. The molecule has 142 heavy (non-hydrogen) atoms. The molecule has 0 heterocycles. The molecular weight excluding hydrogens is 1710 g/mol. The molecular formula is C142H2. The van der Waals surface area contributed by atoms with Crippen molar-refractivity contribution in [2.45, 2.75) is 0 Å². The molecule has 0 unspecified atom stereocenters. The van der Waals surface area contributed by atoms with Crippen LogP contribution in [-0.4, -0.2) is 0 Å². The third-order valence-corrected chi connectivity index (χ3v) is 8.71. The highest BCUT2D eigenvalue weighted by Crippen LogP contribution is 1.71. The van der Waals surface area contributed by atoms with Crippen molar-refractivity contribution < 1.29 is 0 Å². The number of hydrogen-bond donors (Lipinski definition) is 0. The molecule has 0 aliphatic heterocycles. The van der Waals surface area contributed by atoms with Crippen molar-refractivity contribution in [1.29, 1.82) is 0 Å². The molecule has 0 bridgehead atoms. The summed E-state index contributed by atoms with van der Waals surface area (Å²) in [6.45, 7) is 0. The largest absolute Gasteiger partial charge is 0.106 e. The van der Waals surface area contributed by atoms with Crippen LogP contribution in [0.25, 0.3) is 0 Å². The first-order valence-electron chi connectivity index (χ1n) is 35.3. The van der Waals surface area contributed by atoms with Crippen LogP contribution in [-0.2, 0) is 0 Å². The van der Waals surface area contributed by atoms with Crippen molar-refractivity contribution in [2.24, 2.45) is 0 Å². The average molecular weight is 1710 g/mol. The second-order valence-electron chi connectivity index (χ2n) is 17.5. The highest BCUT2D eigenvalue weighted by molar-refractivity contribution is 5.60. The standard InChI is InChI=1S/C142H2/c1-3-5-7-9-11-13-15-17-19-21-23-25-27-29-31-33-35-37-39-41-43-45-47-49-51-53-55-57-59-61-63-65-67-69-71-73-75-77-79-81-83-85-87-89-91-93-95-97-99-101-103-105-107-109-111-113-115-117-119-121-123-125-127-129-131-133-135-137-139-141-142-140-138-136-134-132-130-128-126-124-122-120-118-116-114-112-110-108-106-104-102-100-98-96-94-92-90-88-86-84-82-80-78-76-74-72-70-68-66-64-62-60-58-56-54-52-50-48-46-44-42-40-38-36-34-32-30-28-26-24-22-20-18-16-14-12-10-8-6-4-2/h1-2H. The van der Waals surface area contributed by atoms with E-state index in [1.54, 1.807) is 0 Å². The van der Waals surface area contributed by atoms with Crippen LogP contribution in [0.1, 0.15) is 0 Å². The van der Waals surface area contributed by atoms with Crippen LogP contribution in [0.5, 0.6) is 0 Å². The van der Waals surface area contributed by atoms with Crippen LogP contribution in [0.3, 0.4) is 0 Å². The van der Waals surface area contributed by atoms with Crippen molar-refractivity contribution in [3.8, 4) is 842 Å². The van der Waals surface area contributed by atoms with Gasteiger partial charge in [0.2, 0.25) is 0 Å². The lowest BCUT2D eigenvalue weighted by Crippen LogP contribution is -1.57. The lowest BCUT2D eigenvalue weighted by atomic mass is 10.4. The molecule has 570 valence electrons. The van der Waals surface area contributed by atoms with Crippen LogP contribution in [0.2, 0.25) is 0 Å². The molecule has 0 aromatic heterocycles. The van der Waals surface area contributed by atoms with Gasteiger partial charge in [0.05, 0.1) is 0 Å². The van der Waals surface area contributed by atoms with E-state index in [1.807, 2.05) is 0 Å². The van der Waals surface area contributed by atoms with Crippen LogP contribution < -0.4 is 0 Å². The first-order chi connectivity index (χ1) is 70.9. The average Bonchev–Trinajstić information content (AvgIpc) is 1.10. The van der Waals surface area contributed by atoms with Gasteiger partial charge in [0, 0.05) is 734 Å². The van der Waals surface area contributed by atoms with E-state index in [1.165, 1.54) is 0 Å². The fourth-order valence-electron chi connectivity index (χ4n) is 4.32. The van der Waals surface area contributed by atoms with E-state index in [0.717, 1.165) is 0 Å². The lowest BCUT2D eigenvalue weighted by molar-refractivity contribution is 2.31. The summed E-state index contributed by atoms with van der Waals surface area (Å²) in [6, 6.07) is 0. The molecule has 0 amide bonds. The summed E-state index contributed by atoms with van der Waals surface area (Å²) < 4.78 is 0. The van der Waals surface area contributed by atoms with Crippen LogP contribution in [0.4, 0.5) is 0 Å². The van der Waals surface area contributed by atoms with Gasteiger partial charge < -0.3 is 0 Å². The summed E-state index contributed by atoms with van der Waals surface area (Å²) in [4.78, 5) is 0. The maximum Gasteiger partial charge on any atom is 0 e. The Morgan fingerprint density at radius 3 is 0.0775 bits per heavy atom. The maximum absolute atomic E-state index is 4.96. The van der Waals surface area contributed by atoms with Crippen molar-refractivity contribution in [1.82, 2.24) is 0 Å². The van der Waals surface area contributed by atoms with Crippen molar-refractivity contribution >= 4 is 0 Å². The molecule has 0 rings (SSSR count). The number of terminal acetylenes is 2. The van der Waals surface area contributed by atoms with Gasteiger partial charge >= 0.3 is 0 Å². The van der Waals surface area contributed by atoms with E-state index in [2.05, 4.69) is 829 Å². The summed E-state index contributed by atoms with van der Waals surface area (Å²) in [5.74, 6) is 348. The van der Waals surface area contributed by atoms with Gasteiger partial charge in [-0.25, -0.2) is 0 Å². The fourth-order valence-corrected chi connectivity index (χ4v) is 4.32. The Kier molecular flexibility index (Phi) is 85.6. The van der Waals surface area contributed by atoms with Gasteiger partial charge in [-0.1, -0.05) is 0 Å². The van der Waals surface area contributed by atoms with Gasteiger partial charge in [-0.15, -0.1) is 12.8 Å². The van der Waals surface area contributed by atoms with E-state index < -0.39 is 0 Å². The quantitative estimate of drug-likeness (QED) is 0.311. The van der Waals surface area contributed by atoms with Crippen LogP contribution in [0, 0.1) is 842 Å². The predicted molar refractivity (Wildman–Crippen MR) is 554 cm³/mol. The van der Waals surface area contributed by atoms with Gasteiger partial charge in [0.15, 0.2) is 0 Å². The zero-order valence-corrected chi connectivity index (χ0v) is 71.2. The minimum atomic E-state index is 2.12. The zero-order valence-electron chi connectivity index (χ0n) is 71.2. The Morgan fingerprint density at radius 2 is 0.0563 bits per heavy atom. The molecule has 0 nitrogen and oxygen atoms in total. The maximum atomic E-state index is 4.96. The Bertz CT molecular complexity index is 9380. The van der Waals surface area contributed by atoms with Gasteiger partial charge in [-0.05, 0) is 94.7 Å². The second-order valence-corrected chi connectivity index (χ2v) is 17.5. The summed E-state index contributed by atoms with van der Waals surface area (Å²) in [6.07, 6.45) is 9.91. The molecule has 0 heteroatoms. The monoisotopic (exact) mass is 1710 g/mol. The SMILES string of the molecule is C#CC#CC#CC#CC#CC#CC#CC#CC#CC#CC#CC#CC#CC#CC#CC#CC#CC#CC#CC#CC#CC#CC#CC#CC#CC#CC#CC#CC#CC#CC#CC#CC#CC#CC#CC#CC#CC#CC#CC#CC#CC#CC#CC#CC#CC#CC#CC#CC#CC#CC#CC#CC#CC#CC#CC#CC#CC#CC#CC#CC#CC#CC#CC#CC#CC#CC#CC#CC#CC#CC#C. The molecule has 0 N–H and O–H groups in total.